The van der Waals surface area contributed by atoms with Crippen LogP contribution in [0.25, 0.3) is 0 Å². The normalized spacial score (nSPS) is 13.9. The maximum Gasteiger partial charge on any atom is 0.170 e. The summed E-state index contributed by atoms with van der Waals surface area (Å²) in [6.07, 6.45) is 0. The van der Waals surface area contributed by atoms with Crippen molar-refractivity contribution in [3.63, 3.8) is 0 Å². The van der Waals surface area contributed by atoms with E-state index in [0.717, 1.165) is 5.56 Å². The van der Waals surface area contributed by atoms with Crippen molar-refractivity contribution in [1.82, 2.24) is 5.32 Å². The van der Waals surface area contributed by atoms with Crippen LogP contribution in [0, 0.1) is 5.92 Å². The Balaban J connectivity index is 2.79. The van der Waals surface area contributed by atoms with Gasteiger partial charge in [0.2, 0.25) is 0 Å². The van der Waals surface area contributed by atoms with E-state index in [2.05, 4.69) is 10.5 Å². The Hall–Kier alpha value is -1.59. The average molecular weight is 251 g/mol. The van der Waals surface area contributed by atoms with E-state index in [1.54, 1.807) is 6.07 Å². The van der Waals surface area contributed by atoms with Crippen LogP contribution in [0.2, 0.25) is 0 Å². The number of rotatable bonds is 6. The van der Waals surface area contributed by atoms with Gasteiger partial charge in [-0.05, 0) is 11.5 Å². The van der Waals surface area contributed by atoms with E-state index >= 15 is 0 Å². The van der Waals surface area contributed by atoms with Gasteiger partial charge in [0.05, 0.1) is 6.61 Å². The molecular weight excluding hydrogens is 230 g/mol. The quantitative estimate of drug-likeness (QED) is 0.261. The SMILES string of the molecule is CC(C)C(CO)NCc1ccccc1/C(N)=N/O. The van der Waals surface area contributed by atoms with E-state index in [1.807, 2.05) is 32.0 Å². The standard InChI is InChI=1S/C13H21N3O2/c1-9(2)12(8-17)15-7-10-5-3-4-6-11(10)13(14)16-18/h3-6,9,12,15,17-18H,7-8H2,1-2H3,(H2,14,16). The fraction of sp³-hybridized carbons (Fsp3) is 0.462. The van der Waals surface area contributed by atoms with Gasteiger partial charge >= 0.3 is 0 Å². The maximum absolute atomic E-state index is 9.25. The Morgan fingerprint density at radius 2 is 2.06 bits per heavy atom. The molecule has 0 aliphatic heterocycles. The second kappa shape index (κ2) is 6.98. The largest absolute Gasteiger partial charge is 0.409 e. The number of amidine groups is 1. The minimum Gasteiger partial charge on any atom is -0.409 e. The Labute approximate surface area is 107 Å². The summed E-state index contributed by atoms with van der Waals surface area (Å²) in [6.45, 7) is 4.74. The highest BCUT2D eigenvalue weighted by atomic mass is 16.4. The molecule has 1 rings (SSSR count). The van der Waals surface area contributed by atoms with Crippen molar-refractivity contribution < 1.29 is 10.3 Å². The predicted octanol–water partition coefficient (Wildman–Crippen LogP) is 0.888. The zero-order chi connectivity index (χ0) is 13.5. The molecule has 0 radical (unpaired) electrons. The summed E-state index contributed by atoms with van der Waals surface area (Å²) in [5.74, 6) is 0.434. The highest BCUT2D eigenvalue weighted by molar-refractivity contribution is 5.98. The number of hydrogen-bond acceptors (Lipinski definition) is 4. The van der Waals surface area contributed by atoms with Gasteiger partial charge in [0, 0.05) is 18.2 Å². The predicted molar refractivity (Wildman–Crippen MR) is 71.5 cm³/mol. The van der Waals surface area contributed by atoms with Gasteiger partial charge in [-0.15, -0.1) is 0 Å². The molecule has 0 fully saturated rings. The third-order valence-corrected chi connectivity index (χ3v) is 2.96. The molecule has 0 saturated heterocycles. The Bertz CT molecular complexity index is 405. The molecule has 1 aromatic rings. The van der Waals surface area contributed by atoms with E-state index in [9.17, 15) is 5.11 Å². The number of hydrogen-bond donors (Lipinski definition) is 4. The third kappa shape index (κ3) is 3.72. The first-order chi connectivity index (χ1) is 8.60. The van der Waals surface area contributed by atoms with E-state index in [4.69, 9.17) is 10.9 Å². The van der Waals surface area contributed by atoms with Crippen LogP contribution in [-0.2, 0) is 6.54 Å². The number of oxime groups is 1. The monoisotopic (exact) mass is 251 g/mol. The first-order valence-corrected chi connectivity index (χ1v) is 6.00. The first-order valence-electron chi connectivity index (χ1n) is 6.00. The van der Waals surface area contributed by atoms with Gasteiger partial charge in [-0.2, -0.15) is 0 Å². The highest BCUT2D eigenvalue weighted by Crippen LogP contribution is 2.10. The van der Waals surface area contributed by atoms with Crippen LogP contribution in [0.3, 0.4) is 0 Å². The third-order valence-electron chi connectivity index (χ3n) is 2.96. The Kier molecular flexibility index (Phi) is 5.61. The molecule has 0 aromatic heterocycles. The minimum atomic E-state index is 0.0327. The van der Waals surface area contributed by atoms with Gasteiger partial charge in [0.15, 0.2) is 5.84 Å². The number of aliphatic hydroxyl groups excluding tert-OH is 1. The molecule has 100 valence electrons. The molecule has 0 saturated carbocycles. The van der Waals surface area contributed by atoms with Gasteiger partial charge in [-0.3, -0.25) is 0 Å². The maximum atomic E-state index is 9.25. The summed E-state index contributed by atoms with van der Waals surface area (Å²) >= 11 is 0. The molecule has 0 aliphatic carbocycles. The fourth-order valence-electron chi connectivity index (χ4n) is 1.73. The second-order valence-corrected chi connectivity index (χ2v) is 4.56. The van der Waals surface area contributed by atoms with Crippen molar-refractivity contribution in [2.24, 2.45) is 16.8 Å². The van der Waals surface area contributed by atoms with Gasteiger partial charge in [-0.25, -0.2) is 0 Å². The summed E-state index contributed by atoms with van der Waals surface area (Å²) < 4.78 is 0. The van der Waals surface area contributed by atoms with Crippen molar-refractivity contribution in [2.45, 2.75) is 26.4 Å². The van der Waals surface area contributed by atoms with E-state index in [1.165, 1.54) is 0 Å². The van der Waals surface area contributed by atoms with Crippen molar-refractivity contribution >= 4 is 5.84 Å². The number of nitrogens with one attached hydrogen (secondary N) is 1. The lowest BCUT2D eigenvalue weighted by atomic mass is 10.0. The second-order valence-electron chi connectivity index (χ2n) is 4.56. The molecule has 0 heterocycles. The highest BCUT2D eigenvalue weighted by Gasteiger charge is 2.12. The van der Waals surface area contributed by atoms with E-state index < -0.39 is 0 Å². The van der Waals surface area contributed by atoms with Crippen LogP contribution in [0.4, 0.5) is 0 Å². The minimum absolute atomic E-state index is 0.0327. The van der Waals surface area contributed by atoms with Crippen molar-refractivity contribution in [1.29, 1.82) is 0 Å². The van der Waals surface area contributed by atoms with Gasteiger partial charge in [0.25, 0.3) is 0 Å². The van der Waals surface area contributed by atoms with Crippen LogP contribution in [0.1, 0.15) is 25.0 Å². The number of benzene rings is 1. The zero-order valence-corrected chi connectivity index (χ0v) is 10.8. The smallest absolute Gasteiger partial charge is 0.170 e. The van der Waals surface area contributed by atoms with E-state index in [-0.39, 0.29) is 18.5 Å². The lowest BCUT2D eigenvalue weighted by Crippen LogP contribution is -2.37. The molecule has 1 atom stereocenters. The molecule has 1 aromatic carbocycles. The van der Waals surface area contributed by atoms with Crippen molar-refractivity contribution in [3.8, 4) is 0 Å². The van der Waals surface area contributed by atoms with Crippen LogP contribution < -0.4 is 11.1 Å². The molecule has 1 unspecified atom stereocenters. The zero-order valence-electron chi connectivity index (χ0n) is 10.8. The molecule has 18 heavy (non-hydrogen) atoms. The molecular formula is C13H21N3O2. The molecule has 0 spiro atoms. The van der Waals surface area contributed by atoms with Gasteiger partial charge in [-0.1, -0.05) is 43.3 Å². The topological polar surface area (TPSA) is 90.9 Å². The van der Waals surface area contributed by atoms with Gasteiger partial charge in [0.1, 0.15) is 0 Å². The number of nitrogens with two attached hydrogens (primary N) is 1. The lowest BCUT2D eigenvalue weighted by molar-refractivity contribution is 0.210. The molecule has 5 N–H and O–H groups in total. The Morgan fingerprint density at radius 3 is 2.61 bits per heavy atom. The van der Waals surface area contributed by atoms with E-state index in [0.29, 0.717) is 18.0 Å². The number of aliphatic hydroxyl groups is 1. The molecule has 0 aliphatic rings. The van der Waals surface area contributed by atoms with Crippen LogP contribution in [0.5, 0.6) is 0 Å². The summed E-state index contributed by atoms with van der Waals surface area (Å²) in [7, 11) is 0. The van der Waals surface area contributed by atoms with Crippen LogP contribution >= 0.6 is 0 Å². The summed E-state index contributed by atoms with van der Waals surface area (Å²) in [5, 5.41) is 24.3. The first kappa shape index (κ1) is 14.5. The lowest BCUT2D eigenvalue weighted by Gasteiger charge is -2.20. The molecule has 0 amide bonds. The van der Waals surface area contributed by atoms with Crippen molar-refractivity contribution in [3.05, 3.63) is 35.4 Å². The van der Waals surface area contributed by atoms with Gasteiger partial charge < -0.3 is 21.4 Å². The van der Waals surface area contributed by atoms with Crippen LogP contribution in [0.15, 0.2) is 29.4 Å². The van der Waals surface area contributed by atoms with Crippen molar-refractivity contribution in [2.75, 3.05) is 6.61 Å². The Morgan fingerprint density at radius 1 is 1.39 bits per heavy atom. The van der Waals surface area contributed by atoms with Crippen LogP contribution in [-0.4, -0.2) is 28.8 Å². The summed E-state index contributed by atoms with van der Waals surface area (Å²) in [4.78, 5) is 0. The summed E-state index contributed by atoms with van der Waals surface area (Å²) in [6, 6.07) is 7.48. The average Bonchev–Trinajstić information content (AvgIpc) is 2.38. The number of nitrogens with zero attached hydrogens (tertiary/aromatic N) is 1. The molecule has 0 bridgehead atoms. The molecule has 5 nitrogen and oxygen atoms in total. The fourth-order valence-corrected chi connectivity index (χ4v) is 1.73. The summed E-state index contributed by atoms with van der Waals surface area (Å²) in [5.41, 5.74) is 7.26. The molecule has 5 heteroatoms.